The van der Waals surface area contributed by atoms with E-state index in [-0.39, 0.29) is 11.6 Å². The van der Waals surface area contributed by atoms with E-state index in [1.165, 1.54) is 6.07 Å². The largest absolute Gasteiger partial charge is 0.323 e. The maximum absolute atomic E-state index is 13.6. The highest BCUT2D eigenvalue weighted by molar-refractivity contribution is 5.95. The molecule has 1 fully saturated rings. The Labute approximate surface area is 117 Å². The lowest BCUT2D eigenvalue weighted by Gasteiger charge is -2.36. The van der Waals surface area contributed by atoms with Gasteiger partial charge in [0, 0.05) is 12.6 Å². The molecule has 5 heteroatoms. The Morgan fingerprint density at radius 2 is 2.25 bits per heavy atom. The summed E-state index contributed by atoms with van der Waals surface area (Å²) in [6, 6.07) is 3.18. The lowest BCUT2D eigenvalue weighted by Crippen LogP contribution is -2.48. The second kappa shape index (κ2) is 6.31. The Morgan fingerprint density at radius 1 is 1.45 bits per heavy atom. The molecule has 1 saturated heterocycles. The second-order valence-electron chi connectivity index (χ2n) is 5.39. The van der Waals surface area contributed by atoms with Crippen molar-refractivity contribution in [1.82, 2.24) is 5.32 Å². The highest BCUT2D eigenvalue weighted by atomic mass is 19.1. The van der Waals surface area contributed by atoms with E-state index >= 15 is 0 Å². The van der Waals surface area contributed by atoms with Crippen molar-refractivity contribution < 1.29 is 13.6 Å². The monoisotopic (exact) mass is 282 g/mol. The number of hydrogen-bond acceptors (Lipinski definition) is 2. The average Bonchev–Trinajstić information content (AvgIpc) is 2.43. The zero-order valence-corrected chi connectivity index (χ0v) is 11.6. The van der Waals surface area contributed by atoms with Crippen LogP contribution in [0, 0.1) is 17.0 Å². The normalized spacial score (nSPS) is 22.6. The third-order valence-electron chi connectivity index (χ3n) is 3.86. The van der Waals surface area contributed by atoms with Crippen molar-refractivity contribution in [3.8, 4) is 0 Å². The van der Waals surface area contributed by atoms with Gasteiger partial charge in [0.05, 0.1) is 11.1 Å². The lowest BCUT2D eigenvalue weighted by molar-refractivity contribution is -0.127. The van der Waals surface area contributed by atoms with Gasteiger partial charge >= 0.3 is 0 Å². The molecule has 0 aromatic heterocycles. The molecule has 0 saturated carbocycles. The molecule has 2 rings (SSSR count). The van der Waals surface area contributed by atoms with Crippen LogP contribution in [0.2, 0.25) is 0 Å². The molecule has 110 valence electrons. The van der Waals surface area contributed by atoms with Crippen LogP contribution in [0.3, 0.4) is 0 Å². The number of benzene rings is 1. The van der Waals surface area contributed by atoms with Gasteiger partial charge in [0.15, 0.2) is 0 Å². The molecule has 0 aliphatic carbocycles. The van der Waals surface area contributed by atoms with Crippen molar-refractivity contribution in [3.63, 3.8) is 0 Å². The van der Waals surface area contributed by atoms with Gasteiger partial charge in [-0.05, 0) is 37.9 Å². The summed E-state index contributed by atoms with van der Waals surface area (Å²) >= 11 is 0. The molecule has 1 aromatic rings. The van der Waals surface area contributed by atoms with Crippen LogP contribution in [0.4, 0.5) is 14.5 Å². The van der Waals surface area contributed by atoms with Crippen LogP contribution in [0.1, 0.15) is 32.6 Å². The predicted octanol–water partition coefficient (Wildman–Crippen LogP) is 3.07. The minimum atomic E-state index is -0.742. The summed E-state index contributed by atoms with van der Waals surface area (Å²) in [6.07, 6.45) is 3.37. The molecule has 1 aromatic carbocycles. The van der Waals surface area contributed by atoms with Crippen LogP contribution < -0.4 is 10.6 Å². The van der Waals surface area contributed by atoms with Crippen molar-refractivity contribution in [2.45, 2.75) is 32.6 Å². The highest BCUT2D eigenvalue weighted by Crippen LogP contribution is 2.33. The molecule has 1 atom stereocenters. The smallest absolute Gasteiger partial charge is 0.231 e. The van der Waals surface area contributed by atoms with Gasteiger partial charge in [-0.3, -0.25) is 4.79 Å². The number of halogens is 2. The van der Waals surface area contributed by atoms with Gasteiger partial charge in [0.2, 0.25) is 5.91 Å². The van der Waals surface area contributed by atoms with E-state index in [2.05, 4.69) is 10.6 Å². The molecule has 1 aliphatic heterocycles. The molecule has 1 aliphatic rings. The van der Waals surface area contributed by atoms with Gasteiger partial charge in [0.1, 0.15) is 11.6 Å². The zero-order valence-electron chi connectivity index (χ0n) is 11.6. The van der Waals surface area contributed by atoms with Crippen molar-refractivity contribution in [2.24, 2.45) is 5.41 Å². The topological polar surface area (TPSA) is 41.1 Å². The SMILES string of the molecule is CCCC1(C(=O)Nc2ccc(F)cc2F)CCCNC1. The maximum Gasteiger partial charge on any atom is 0.231 e. The van der Waals surface area contributed by atoms with E-state index in [0.717, 1.165) is 44.4 Å². The summed E-state index contributed by atoms with van der Waals surface area (Å²) in [5.41, 5.74) is -0.453. The standard InChI is InChI=1S/C15H20F2N2O/c1-2-6-15(7-3-8-18-10-15)14(20)19-13-5-4-11(16)9-12(13)17/h4-5,9,18H,2-3,6-8,10H2,1H3,(H,19,20). The fraction of sp³-hybridized carbons (Fsp3) is 0.533. The molecule has 0 spiro atoms. The van der Waals surface area contributed by atoms with Gasteiger partial charge in [0.25, 0.3) is 0 Å². The molecule has 0 bridgehead atoms. The van der Waals surface area contributed by atoms with Gasteiger partial charge in [-0.15, -0.1) is 0 Å². The number of anilines is 1. The van der Waals surface area contributed by atoms with Crippen molar-refractivity contribution in [3.05, 3.63) is 29.8 Å². The van der Waals surface area contributed by atoms with Gasteiger partial charge in [-0.25, -0.2) is 8.78 Å². The van der Waals surface area contributed by atoms with Crippen LogP contribution in [-0.2, 0) is 4.79 Å². The van der Waals surface area contributed by atoms with E-state index in [9.17, 15) is 13.6 Å². The van der Waals surface area contributed by atoms with Gasteiger partial charge < -0.3 is 10.6 Å². The van der Waals surface area contributed by atoms with Crippen LogP contribution in [0.5, 0.6) is 0 Å². The first-order valence-electron chi connectivity index (χ1n) is 7.04. The molecular formula is C15H20F2N2O. The first kappa shape index (κ1) is 14.9. The van der Waals surface area contributed by atoms with E-state index < -0.39 is 17.0 Å². The third-order valence-corrected chi connectivity index (χ3v) is 3.86. The number of piperidine rings is 1. The van der Waals surface area contributed by atoms with Crippen LogP contribution >= 0.6 is 0 Å². The molecule has 0 radical (unpaired) electrons. The number of carbonyl (C=O) groups is 1. The molecule has 1 amide bonds. The molecular weight excluding hydrogens is 262 g/mol. The third kappa shape index (κ3) is 3.15. The summed E-state index contributed by atoms with van der Waals surface area (Å²) in [4.78, 5) is 12.5. The summed E-state index contributed by atoms with van der Waals surface area (Å²) in [7, 11) is 0. The fourth-order valence-electron chi connectivity index (χ4n) is 2.81. The summed E-state index contributed by atoms with van der Waals surface area (Å²) in [5, 5.41) is 5.85. The predicted molar refractivity (Wildman–Crippen MR) is 74.4 cm³/mol. The molecule has 1 unspecified atom stereocenters. The minimum Gasteiger partial charge on any atom is -0.323 e. The Balaban J connectivity index is 2.15. The summed E-state index contributed by atoms with van der Waals surface area (Å²) in [6.45, 7) is 3.54. The fourth-order valence-corrected chi connectivity index (χ4v) is 2.81. The number of rotatable bonds is 4. The van der Waals surface area contributed by atoms with Crippen molar-refractivity contribution >= 4 is 11.6 Å². The Morgan fingerprint density at radius 3 is 2.85 bits per heavy atom. The number of hydrogen-bond donors (Lipinski definition) is 2. The highest BCUT2D eigenvalue weighted by Gasteiger charge is 2.38. The van der Waals surface area contributed by atoms with E-state index in [4.69, 9.17) is 0 Å². The van der Waals surface area contributed by atoms with Gasteiger partial charge in [-0.2, -0.15) is 0 Å². The number of nitrogens with one attached hydrogen (secondary N) is 2. The first-order valence-corrected chi connectivity index (χ1v) is 7.04. The second-order valence-corrected chi connectivity index (χ2v) is 5.39. The Bertz CT molecular complexity index is 479. The van der Waals surface area contributed by atoms with Crippen LogP contribution in [0.15, 0.2) is 18.2 Å². The molecule has 3 nitrogen and oxygen atoms in total. The molecule has 1 heterocycles. The lowest BCUT2D eigenvalue weighted by atomic mass is 9.76. The summed E-state index contributed by atoms with van der Waals surface area (Å²) in [5.74, 6) is -1.58. The van der Waals surface area contributed by atoms with Crippen LogP contribution in [-0.4, -0.2) is 19.0 Å². The molecule has 20 heavy (non-hydrogen) atoms. The Kier molecular flexibility index (Phi) is 4.70. The van der Waals surface area contributed by atoms with E-state index in [1.807, 2.05) is 6.92 Å². The zero-order chi connectivity index (χ0) is 14.6. The van der Waals surface area contributed by atoms with E-state index in [0.29, 0.717) is 6.54 Å². The van der Waals surface area contributed by atoms with Crippen molar-refractivity contribution in [1.29, 1.82) is 0 Å². The Hall–Kier alpha value is -1.49. The minimum absolute atomic E-state index is 0.0393. The van der Waals surface area contributed by atoms with Crippen LogP contribution in [0.25, 0.3) is 0 Å². The van der Waals surface area contributed by atoms with E-state index in [1.54, 1.807) is 0 Å². The summed E-state index contributed by atoms with van der Waals surface area (Å²) < 4.78 is 26.5. The first-order chi connectivity index (χ1) is 9.57. The number of carbonyl (C=O) groups excluding carboxylic acids is 1. The quantitative estimate of drug-likeness (QED) is 0.891. The van der Waals surface area contributed by atoms with Gasteiger partial charge in [-0.1, -0.05) is 13.3 Å². The number of amides is 1. The van der Waals surface area contributed by atoms with Crippen molar-refractivity contribution in [2.75, 3.05) is 18.4 Å². The molecule has 2 N–H and O–H groups in total. The maximum atomic E-state index is 13.6. The average molecular weight is 282 g/mol.